The third-order valence-corrected chi connectivity index (χ3v) is 4.16. The van der Waals surface area contributed by atoms with Gasteiger partial charge >= 0.3 is 0 Å². The number of nitrogens with zero attached hydrogens (tertiary/aromatic N) is 1. The molecule has 0 saturated heterocycles. The Kier molecular flexibility index (Phi) is 6.84. The molecule has 0 aliphatic heterocycles. The van der Waals surface area contributed by atoms with E-state index >= 15 is 0 Å². The summed E-state index contributed by atoms with van der Waals surface area (Å²) in [6.45, 7) is 0.375. The molecule has 0 heterocycles. The molecule has 148 valence electrons. The quantitative estimate of drug-likeness (QED) is 0.465. The number of carbonyl (C=O) groups is 1. The number of hydrogen-bond donors (Lipinski definition) is 1. The van der Waals surface area contributed by atoms with E-state index in [1.165, 1.54) is 6.21 Å². The van der Waals surface area contributed by atoms with E-state index in [9.17, 15) is 4.79 Å². The van der Waals surface area contributed by atoms with Gasteiger partial charge in [0, 0.05) is 0 Å². The number of rotatable bonds is 8. The van der Waals surface area contributed by atoms with Crippen molar-refractivity contribution < 1.29 is 19.0 Å². The first kappa shape index (κ1) is 19.9. The third kappa shape index (κ3) is 5.35. The maximum absolute atomic E-state index is 12.5. The van der Waals surface area contributed by atoms with Crippen LogP contribution in [0.3, 0.4) is 0 Å². The van der Waals surface area contributed by atoms with Crippen LogP contribution in [-0.4, -0.2) is 26.3 Å². The summed E-state index contributed by atoms with van der Waals surface area (Å²) >= 11 is 0. The van der Waals surface area contributed by atoms with E-state index in [-0.39, 0.29) is 5.91 Å². The van der Waals surface area contributed by atoms with Crippen LogP contribution < -0.4 is 19.6 Å². The molecule has 0 bridgehead atoms. The molecule has 29 heavy (non-hydrogen) atoms. The lowest BCUT2D eigenvalue weighted by atomic mass is 10.2. The van der Waals surface area contributed by atoms with Crippen molar-refractivity contribution >= 4 is 12.1 Å². The molecule has 6 nitrogen and oxygen atoms in total. The SMILES string of the molecule is COc1ccc(C=NNC(=O)c2ccccc2OCc2ccccc2)cc1OC. The summed E-state index contributed by atoms with van der Waals surface area (Å²) in [5.74, 6) is 1.35. The van der Waals surface area contributed by atoms with Gasteiger partial charge in [0.05, 0.1) is 26.0 Å². The van der Waals surface area contributed by atoms with Crippen molar-refractivity contribution in [2.45, 2.75) is 6.61 Å². The van der Waals surface area contributed by atoms with Crippen LogP contribution in [0.4, 0.5) is 0 Å². The summed E-state index contributed by atoms with van der Waals surface area (Å²) in [6.07, 6.45) is 1.54. The zero-order chi connectivity index (χ0) is 20.5. The first-order chi connectivity index (χ1) is 14.2. The molecule has 0 fully saturated rings. The first-order valence-corrected chi connectivity index (χ1v) is 9.02. The Morgan fingerprint density at radius 1 is 0.897 bits per heavy atom. The van der Waals surface area contributed by atoms with E-state index in [1.54, 1.807) is 44.6 Å². The Morgan fingerprint density at radius 2 is 1.62 bits per heavy atom. The number of benzene rings is 3. The summed E-state index contributed by atoms with van der Waals surface area (Å²) in [7, 11) is 3.13. The van der Waals surface area contributed by atoms with Crippen LogP contribution in [0, 0.1) is 0 Å². The van der Waals surface area contributed by atoms with Gasteiger partial charge in [-0.25, -0.2) is 5.43 Å². The summed E-state index contributed by atoms with van der Waals surface area (Å²) in [4.78, 5) is 12.5. The van der Waals surface area contributed by atoms with Gasteiger partial charge in [-0.1, -0.05) is 42.5 Å². The Bertz CT molecular complexity index is 987. The van der Waals surface area contributed by atoms with Gasteiger partial charge in [0.15, 0.2) is 11.5 Å². The van der Waals surface area contributed by atoms with Crippen LogP contribution in [-0.2, 0) is 6.61 Å². The fourth-order valence-electron chi connectivity index (χ4n) is 2.67. The zero-order valence-corrected chi connectivity index (χ0v) is 16.3. The molecule has 0 radical (unpaired) electrons. The molecule has 3 rings (SSSR count). The van der Waals surface area contributed by atoms with E-state index in [2.05, 4.69) is 10.5 Å². The van der Waals surface area contributed by atoms with Gasteiger partial charge in [0.1, 0.15) is 12.4 Å². The predicted molar refractivity (Wildman–Crippen MR) is 112 cm³/mol. The summed E-state index contributed by atoms with van der Waals surface area (Å²) < 4.78 is 16.3. The lowest BCUT2D eigenvalue weighted by molar-refractivity contribution is 0.0950. The largest absolute Gasteiger partial charge is 0.493 e. The minimum absolute atomic E-state index is 0.356. The highest BCUT2D eigenvalue weighted by Crippen LogP contribution is 2.26. The second kappa shape index (κ2) is 9.94. The van der Waals surface area contributed by atoms with E-state index in [0.29, 0.717) is 29.4 Å². The monoisotopic (exact) mass is 390 g/mol. The lowest BCUT2D eigenvalue weighted by Crippen LogP contribution is -2.18. The second-order valence-electron chi connectivity index (χ2n) is 6.08. The van der Waals surface area contributed by atoms with Gasteiger partial charge < -0.3 is 14.2 Å². The Labute approximate surface area is 169 Å². The molecule has 3 aromatic carbocycles. The van der Waals surface area contributed by atoms with Gasteiger partial charge in [-0.05, 0) is 41.5 Å². The van der Waals surface area contributed by atoms with E-state index in [0.717, 1.165) is 11.1 Å². The minimum atomic E-state index is -0.356. The van der Waals surface area contributed by atoms with E-state index in [4.69, 9.17) is 14.2 Å². The number of hydrazone groups is 1. The molecule has 6 heteroatoms. The third-order valence-electron chi connectivity index (χ3n) is 4.16. The standard InChI is InChI=1S/C23H22N2O4/c1-27-21-13-12-18(14-22(21)28-2)15-24-25-23(26)19-10-6-7-11-20(19)29-16-17-8-4-3-5-9-17/h3-15H,16H2,1-2H3,(H,25,26). The molecule has 0 unspecified atom stereocenters. The highest BCUT2D eigenvalue weighted by Gasteiger charge is 2.11. The van der Waals surface area contributed by atoms with Crippen LogP contribution in [0.15, 0.2) is 77.9 Å². The van der Waals surface area contributed by atoms with Crippen molar-refractivity contribution in [3.63, 3.8) is 0 Å². The topological polar surface area (TPSA) is 69.2 Å². The molecular weight excluding hydrogens is 368 g/mol. The number of hydrogen-bond acceptors (Lipinski definition) is 5. The summed E-state index contributed by atoms with van der Waals surface area (Å²) in [6, 6.07) is 22.2. The van der Waals surface area contributed by atoms with Crippen LogP contribution in [0.1, 0.15) is 21.5 Å². The number of para-hydroxylation sites is 1. The van der Waals surface area contributed by atoms with Crippen molar-refractivity contribution in [2.75, 3.05) is 14.2 Å². The molecule has 3 aromatic rings. The zero-order valence-electron chi connectivity index (χ0n) is 16.3. The molecule has 1 N–H and O–H groups in total. The molecule has 0 spiro atoms. The maximum Gasteiger partial charge on any atom is 0.275 e. The highest BCUT2D eigenvalue weighted by molar-refractivity contribution is 5.97. The fourth-order valence-corrected chi connectivity index (χ4v) is 2.67. The lowest BCUT2D eigenvalue weighted by Gasteiger charge is -2.10. The van der Waals surface area contributed by atoms with Gasteiger partial charge in [0.2, 0.25) is 0 Å². The number of nitrogens with one attached hydrogen (secondary N) is 1. The number of carbonyl (C=O) groups excluding carboxylic acids is 1. The maximum atomic E-state index is 12.5. The fraction of sp³-hybridized carbons (Fsp3) is 0.130. The predicted octanol–water partition coefficient (Wildman–Crippen LogP) is 4.05. The van der Waals surface area contributed by atoms with Gasteiger partial charge in [-0.3, -0.25) is 4.79 Å². The Hall–Kier alpha value is -3.80. The summed E-state index contributed by atoms with van der Waals surface area (Å²) in [5, 5.41) is 4.03. The minimum Gasteiger partial charge on any atom is -0.493 e. The summed E-state index contributed by atoms with van der Waals surface area (Å²) in [5.41, 5.74) is 4.72. The first-order valence-electron chi connectivity index (χ1n) is 9.02. The van der Waals surface area contributed by atoms with Crippen LogP contribution in [0.5, 0.6) is 17.2 Å². The van der Waals surface area contributed by atoms with Crippen molar-refractivity contribution in [3.8, 4) is 17.2 Å². The van der Waals surface area contributed by atoms with Crippen molar-refractivity contribution in [2.24, 2.45) is 5.10 Å². The van der Waals surface area contributed by atoms with E-state index < -0.39 is 0 Å². The normalized spacial score (nSPS) is 10.6. The Morgan fingerprint density at radius 3 is 2.38 bits per heavy atom. The molecule has 1 amide bonds. The van der Waals surface area contributed by atoms with Crippen LogP contribution in [0.2, 0.25) is 0 Å². The molecule has 0 saturated carbocycles. The number of methoxy groups -OCH3 is 2. The molecule has 0 aliphatic carbocycles. The van der Waals surface area contributed by atoms with Gasteiger partial charge in [-0.2, -0.15) is 5.10 Å². The molecule has 0 aliphatic rings. The van der Waals surface area contributed by atoms with Crippen molar-refractivity contribution in [1.82, 2.24) is 5.43 Å². The second-order valence-corrected chi connectivity index (χ2v) is 6.08. The van der Waals surface area contributed by atoms with Crippen LogP contribution >= 0.6 is 0 Å². The van der Waals surface area contributed by atoms with Crippen LogP contribution in [0.25, 0.3) is 0 Å². The van der Waals surface area contributed by atoms with E-state index in [1.807, 2.05) is 42.5 Å². The van der Waals surface area contributed by atoms with Gasteiger partial charge in [0.25, 0.3) is 5.91 Å². The molecular formula is C23H22N2O4. The Balaban J connectivity index is 1.66. The van der Waals surface area contributed by atoms with Crippen molar-refractivity contribution in [3.05, 3.63) is 89.5 Å². The van der Waals surface area contributed by atoms with Gasteiger partial charge in [-0.15, -0.1) is 0 Å². The average Bonchev–Trinajstić information content (AvgIpc) is 2.78. The van der Waals surface area contributed by atoms with Crippen molar-refractivity contribution in [1.29, 1.82) is 0 Å². The highest BCUT2D eigenvalue weighted by atomic mass is 16.5. The molecule has 0 aromatic heterocycles. The number of amides is 1. The smallest absolute Gasteiger partial charge is 0.275 e. The number of ether oxygens (including phenoxy) is 3. The average molecular weight is 390 g/mol. The molecule has 0 atom stereocenters.